The summed E-state index contributed by atoms with van der Waals surface area (Å²) < 4.78 is 17.9. The summed E-state index contributed by atoms with van der Waals surface area (Å²) in [6.07, 6.45) is 0.833. The van der Waals surface area contributed by atoms with Crippen molar-refractivity contribution in [1.29, 1.82) is 0 Å². The van der Waals surface area contributed by atoms with Crippen LogP contribution in [0, 0.1) is 5.82 Å². The van der Waals surface area contributed by atoms with E-state index in [1.807, 2.05) is 0 Å². The zero-order valence-electron chi connectivity index (χ0n) is 8.50. The Bertz CT molecular complexity index is 345. The molecule has 3 heteroatoms. The van der Waals surface area contributed by atoms with E-state index in [4.69, 9.17) is 4.74 Å². The molecule has 76 valence electrons. The second-order valence-electron chi connectivity index (χ2n) is 3.69. The summed E-state index contributed by atoms with van der Waals surface area (Å²) in [6.45, 7) is 3.54. The summed E-state index contributed by atoms with van der Waals surface area (Å²) in [7, 11) is 1.40. The summed E-state index contributed by atoms with van der Waals surface area (Å²) in [6, 6.07) is 4.44. The third-order valence-electron chi connectivity index (χ3n) is 2.19. The van der Waals surface area contributed by atoms with Crippen molar-refractivity contribution in [3.8, 4) is 5.75 Å². The lowest BCUT2D eigenvalue weighted by Crippen LogP contribution is -2.18. The molecule has 14 heavy (non-hydrogen) atoms. The number of methoxy groups -OCH3 is 1. The van der Waals surface area contributed by atoms with Gasteiger partial charge < -0.3 is 9.53 Å². The maximum atomic E-state index is 13.0. The molecule has 1 aromatic rings. The second-order valence-corrected chi connectivity index (χ2v) is 3.69. The molecule has 0 heterocycles. The second kappa shape index (κ2) is 3.78. The number of hydrogen-bond donors (Lipinski definition) is 0. The van der Waals surface area contributed by atoms with Crippen molar-refractivity contribution >= 4 is 6.29 Å². The minimum Gasteiger partial charge on any atom is -0.494 e. The number of ether oxygens (including phenoxy) is 1. The van der Waals surface area contributed by atoms with E-state index in [1.54, 1.807) is 26.0 Å². The van der Waals surface area contributed by atoms with E-state index in [2.05, 4.69) is 0 Å². The number of aldehydes is 1. The van der Waals surface area contributed by atoms with Crippen molar-refractivity contribution in [2.45, 2.75) is 19.3 Å². The Morgan fingerprint density at radius 3 is 2.57 bits per heavy atom. The first-order valence-electron chi connectivity index (χ1n) is 4.31. The Hall–Kier alpha value is -1.38. The highest BCUT2D eigenvalue weighted by Gasteiger charge is 2.20. The molecule has 0 bridgehead atoms. The predicted molar refractivity (Wildman–Crippen MR) is 52.0 cm³/mol. The van der Waals surface area contributed by atoms with Gasteiger partial charge in [0.15, 0.2) is 11.6 Å². The van der Waals surface area contributed by atoms with Gasteiger partial charge in [0.1, 0.15) is 6.29 Å². The first kappa shape index (κ1) is 10.7. The molecule has 1 aromatic carbocycles. The lowest BCUT2D eigenvalue weighted by atomic mass is 9.86. The van der Waals surface area contributed by atoms with Gasteiger partial charge in [-0.2, -0.15) is 0 Å². The van der Waals surface area contributed by atoms with Crippen molar-refractivity contribution in [2.75, 3.05) is 7.11 Å². The summed E-state index contributed by atoms with van der Waals surface area (Å²) >= 11 is 0. The number of benzene rings is 1. The molecule has 0 fully saturated rings. The van der Waals surface area contributed by atoms with Crippen LogP contribution in [0.2, 0.25) is 0 Å². The van der Waals surface area contributed by atoms with Crippen molar-refractivity contribution in [3.05, 3.63) is 29.6 Å². The summed E-state index contributed by atoms with van der Waals surface area (Å²) in [5.74, 6) is -0.254. The molecule has 0 amide bonds. The van der Waals surface area contributed by atoms with Gasteiger partial charge in [-0.15, -0.1) is 0 Å². The first-order valence-corrected chi connectivity index (χ1v) is 4.31. The van der Waals surface area contributed by atoms with Crippen LogP contribution in [0.3, 0.4) is 0 Å². The van der Waals surface area contributed by atoms with E-state index in [0.29, 0.717) is 0 Å². The highest BCUT2D eigenvalue weighted by molar-refractivity contribution is 5.67. The average molecular weight is 196 g/mol. The van der Waals surface area contributed by atoms with Gasteiger partial charge in [0, 0.05) is 5.41 Å². The predicted octanol–water partition coefficient (Wildman–Crippen LogP) is 2.31. The standard InChI is InChI=1S/C11H13FO2/c1-11(2,7-13)8-4-5-9(12)10(6-8)14-3/h4-7H,1-3H3. The molecule has 0 aromatic heterocycles. The van der Waals surface area contributed by atoms with Crippen LogP contribution in [-0.2, 0) is 10.2 Å². The normalized spacial score (nSPS) is 11.1. The van der Waals surface area contributed by atoms with Crippen LogP contribution in [0.1, 0.15) is 19.4 Å². The lowest BCUT2D eigenvalue weighted by molar-refractivity contribution is -0.111. The molecule has 0 atom stereocenters. The van der Waals surface area contributed by atoms with Gasteiger partial charge in [-0.05, 0) is 31.5 Å². The fourth-order valence-electron chi connectivity index (χ4n) is 1.13. The summed E-state index contributed by atoms with van der Waals surface area (Å²) in [4.78, 5) is 10.8. The molecule has 1 rings (SSSR count). The molecule has 0 aliphatic rings. The van der Waals surface area contributed by atoms with Gasteiger partial charge in [-0.1, -0.05) is 6.07 Å². The summed E-state index contributed by atoms with van der Waals surface area (Å²) in [5, 5.41) is 0. The molecule has 0 aliphatic heterocycles. The topological polar surface area (TPSA) is 26.3 Å². The van der Waals surface area contributed by atoms with Gasteiger partial charge >= 0.3 is 0 Å². The van der Waals surface area contributed by atoms with Crippen LogP contribution in [0.5, 0.6) is 5.75 Å². The number of hydrogen-bond acceptors (Lipinski definition) is 2. The van der Waals surface area contributed by atoms with Crippen LogP contribution >= 0.6 is 0 Å². The van der Waals surface area contributed by atoms with E-state index in [0.717, 1.165) is 11.8 Å². The number of halogens is 1. The number of carbonyl (C=O) groups excluding carboxylic acids is 1. The van der Waals surface area contributed by atoms with E-state index >= 15 is 0 Å². The fourth-order valence-corrected chi connectivity index (χ4v) is 1.13. The number of rotatable bonds is 3. The zero-order valence-corrected chi connectivity index (χ0v) is 8.50. The molecule has 0 aliphatic carbocycles. The third-order valence-corrected chi connectivity index (χ3v) is 2.19. The quantitative estimate of drug-likeness (QED) is 0.693. The Balaban J connectivity index is 3.19. The Morgan fingerprint density at radius 2 is 2.07 bits per heavy atom. The molecular weight excluding hydrogens is 183 g/mol. The van der Waals surface area contributed by atoms with Crippen LogP contribution in [0.25, 0.3) is 0 Å². The van der Waals surface area contributed by atoms with Crippen molar-refractivity contribution in [1.82, 2.24) is 0 Å². The van der Waals surface area contributed by atoms with E-state index in [1.165, 1.54) is 13.2 Å². The molecule has 0 radical (unpaired) electrons. The summed E-state index contributed by atoms with van der Waals surface area (Å²) in [5.41, 5.74) is 0.131. The van der Waals surface area contributed by atoms with Gasteiger partial charge in [0.2, 0.25) is 0 Å². The molecule has 0 unspecified atom stereocenters. The SMILES string of the molecule is COc1cc(C(C)(C)C=O)ccc1F. The minimum absolute atomic E-state index is 0.164. The lowest BCUT2D eigenvalue weighted by Gasteiger charge is -2.18. The van der Waals surface area contributed by atoms with Crippen LogP contribution in [0.4, 0.5) is 4.39 Å². The van der Waals surface area contributed by atoms with Crippen LogP contribution in [0.15, 0.2) is 18.2 Å². The average Bonchev–Trinajstić information content (AvgIpc) is 2.18. The van der Waals surface area contributed by atoms with E-state index in [-0.39, 0.29) is 5.75 Å². The Labute approximate surface area is 82.7 Å². The Kier molecular flexibility index (Phi) is 2.89. The first-order chi connectivity index (χ1) is 6.51. The largest absolute Gasteiger partial charge is 0.494 e. The monoisotopic (exact) mass is 196 g/mol. The van der Waals surface area contributed by atoms with Crippen molar-refractivity contribution < 1.29 is 13.9 Å². The van der Waals surface area contributed by atoms with E-state index < -0.39 is 11.2 Å². The van der Waals surface area contributed by atoms with Crippen molar-refractivity contribution in [3.63, 3.8) is 0 Å². The van der Waals surface area contributed by atoms with Crippen LogP contribution in [-0.4, -0.2) is 13.4 Å². The minimum atomic E-state index is -0.610. The van der Waals surface area contributed by atoms with Gasteiger partial charge in [0.05, 0.1) is 7.11 Å². The number of carbonyl (C=O) groups is 1. The smallest absolute Gasteiger partial charge is 0.165 e. The highest BCUT2D eigenvalue weighted by atomic mass is 19.1. The highest BCUT2D eigenvalue weighted by Crippen LogP contribution is 2.26. The molecule has 0 saturated carbocycles. The maximum Gasteiger partial charge on any atom is 0.165 e. The van der Waals surface area contributed by atoms with Crippen molar-refractivity contribution in [2.24, 2.45) is 0 Å². The van der Waals surface area contributed by atoms with Crippen LogP contribution < -0.4 is 4.74 Å². The third kappa shape index (κ3) is 1.92. The Morgan fingerprint density at radius 1 is 1.43 bits per heavy atom. The molecule has 0 spiro atoms. The van der Waals surface area contributed by atoms with Gasteiger partial charge in [-0.25, -0.2) is 4.39 Å². The van der Waals surface area contributed by atoms with Gasteiger partial charge in [-0.3, -0.25) is 0 Å². The molecular formula is C11H13FO2. The molecule has 0 saturated heterocycles. The zero-order chi connectivity index (χ0) is 10.8. The van der Waals surface area contributed by atoms with Gasteiger partial charge in [0.25, 0.3) is 0 Å². The molecule has 2 nitrogen and oxygen atoms in total. The molecule has 0 N–H and O–H groups in total. The fraction of sp³-hybridized carbons (Fsp3) is 0.364. The van der Waals surface area contributed by atoms with E-state index in [9.17, 15) is 9.18 Å². The maximum absolute atomic E-state index is 13.0.